The molecule has 4 atom stereocenters. The van der Waals surface area contributed by atoms with Gasteiger partial charge in [-0.2, -0.15) is 0 Å². The molecule has 41 heavy (non-hydrogen) atoms. The molecule has 1 amide bonds. The van der Waals surface area contributed by atoms with Crippen molar-refractivity contribution in [3.05, 3.63) is 39.7 Å². The topological polar surface area (TPSA) is 177 Å². The summed E-state index contributed by atoms with van der Waals surface area (Å²) < 4.78 is 26.6. The number of hydrogen-bond acceptors (Lipinski definition) is 10. The normalized spacial score (nSPS) is 29.2. The second kappa shape index (κ2) is 9.50. The molecule has 2 fully saturated rings. The molecule has 4 aliphatic rings. The third kappa shape index (κ3) is 4.20. The number of nitrogens with two attached hydrogens (primary N) is 1. The van der Waals surface area contributed by atoms with Crippen molar-refractivity contribution in [2.45, 2.75) is 55.8 Å². The first-order chi connectivity index (χ1) is 19.0. The Labute approximate surface area is 234 Å². The highest BCUT2D eigenvalue weighted by Gasteiger charge is 2.64. The Balaban J connectivity index is 1.64. The molecule has 0 heterocycles. The van der Waals surface area contributed by atoms with Crippen LogP contribution in [-0.4, -0.2) is 94.6 Å². The largest absolute Gasteiger partial charge is 0.508 e. The predicted octanol–water partition coefficient (Wildman–Crippen LogP) is 0.917. The minimum atomic E-state index is -2.73. The van der Waals surface area contributed by atoms with Crippen LogP contribution >= 0.6 is 0 Å². The number of carbonyl (C=O) groups excluding carboxylic acids is 3. The van der Waals surface area contributed by atoms with Gasteiger partial charge in [0.2, 0.25) is 5.78 Å². The van der Waals surface area contributed by atoms with Crippen molar-refractivity contribution in [2.75, 3.05) is 33.1 Å². The first-order valence-electron chi connectivity index (χ1n) is 13.3. The average molecular weight is 577 g/mol. The highest BCUT2D eigenvalue weighted by Crippen LogP contribution is 2.54. The number of phenols is 1. The first-order valence-corrected chi connectivity index (χ1v) is 13.3. The zero-order valence-electron chi connectivity index (χ0n) is 23.2. The number of alkyl halides is 2. The quantitative estimate of drug-likeness (QED) is 0.267. The van der Waals surface area contributed by atoms with Crippen molar-refractivity contribution in [1.82, 2.24) is 10.2 Å². The van der Waals surface area contributed by atoms with Crippen molar-refractivity contribution in [1.29, 1.82) is 0 Å². The number of fused-ring (bicyclic) bond motifs is 3. The lowest BCUT2D eigenvalue weighted by Gasteiger charge is -2.50. The lowest BCUT2D eigenvalue weighted by molar-refractivity contribution is -0.153. The molecule has 7 N–H and O–H groups in total. The van der Waals surface area contributed by atoms with E-state index in [2.05, 4.69) is 5.32 Å². The number of aromatic hydroxyl groups is 1. The van der Waals surface area contributed by atoms with Crippen molar-refractivity contribution < 1.29 is 43.6 Å². The Morgan fingerprint density at radius 3 is 2.32 bits per heavy atom. The van der Waals surface area contributed by atoms with Crippen LogP contribution in [0.2, 0.25) is 0 Å². The Hall–Kier alpha value is -3.55. The fourth-order valence-corrected chi connectivity index (χ4v) is 6.94. The van der Waals surface area contributed by atoms with Crippen LogP contribution in [0.1, 0.15) is 36.0 Å². The smallest absolute Gasteiger partial charge is 0.255 e. The number of nitrogens with one attached hydrogen (secondary N) is 1. The number of hydrogen-bond donors (Lipinski definition) is 6. The maximum Gasteiger partial charge on any atom is 0.255 e. The number of phenolic OH excluding ortho intramolecular Hbond substituents is 1. The van der Waals surface area contributed by atoms with Gasteiger partial charge in [0.05, 0.1) is 11.6 Å². The molecule has 0 aliphatic heterocycles. The molecule has 2 saturated carbocycles. The van der Waals surface area contributed by atoms with Crippen molar-refractivity contribution >= 4 is 28.9 Å². The van der Waals surface area contributed by atoms with Gasteiger partial charge in [0, 0.05) is 62.3 Å². The van der Waals surface area contributed by atoms with Crippen LogP contribution in [0.15, 0.2) is 23.0 Å². The molecule has 11 nitrogen and oxygen atoms in total. The van der Waals surface area contributed by atoms with E-state index < -0.39 is 70.0 Å². The van der Waals surface area contributed by atoms with Gasteiger partial charge in [-0.25, -0.2) is 8.78 Å². The number of likely N-dealkylation sites (N-methyl/N-ethyl adjacent to an activating group) is 1. The molecule has 13 heteroatoms. The van der Waals surface area contributed by atoms with Crippen LogP contribution in [0.4, 0.5) is 14.5 Å². The van der Waals surface area contributed by atoms with Crippen molar-refractivity contribution in [2.24, 2.45) is 17.6 Å². The van der Waals surface area contributed by atoms with Crippen molar-refractivity contribution in [3.63, 3.8) is 0 Å². The van der Waals surface area contributed by atoms with E-state index in [0.29, 0.717) is 16.8 Å². The summed E-state index contributed by atoms with van der Waals surface area (Å²) in [6, 6.07) is 0.0811. The molecule has 4 aliphatic carbocycles. The van der Waals surface area contributed by atoms with Gasteiger partial charge < -0.3 is 36.4 Å². The minimum Gasteiger partial charge on any atom is -0.508 e. The summed E-state index contributed by atoms with van der Waals surface area (Å²) in [5.74, 6) is -9.90. The number of nitrogens with zero attached hydrogens (tertiary/aromatic N) is 2. The predicted molar refractivity (Wildman–Crippen MR) is 143 cm³/mol. The molecule has 5 rings (SSSR count). The molecule has 0 aromatic heterocycles. The molecule has 1 aromatic rings. The van der Waals surface area contributed by atoms with Crippen LogP contribution in [0.5, 0.6) is 5.75 Å². The van der Waals surface area contributed by atoms with Gasteiger partial charge >= 0.3 is 0 Å². The van der Waals surface area contributed by atoms with E-state index in [1.165, 1.54) is 19.0 Å². The molecule has 0 spiro atoms. The van der Waals surface area contributed by atoms with E-state index in [4.69, 9.17) is 5.73 Å². The van der Waals surface area contributed by atoms with Crippen LogP contribution < -0.4 is 16.0 Å². The van der Waals surface area contributed by atoms with E-state index >= 15 is 0 Å². The number of benzene rings is 1. The van der Waals surface area contributed by atoms with Gasteiger partial charge in [-0.15, -0.1) is 0 Å². The van der Waals surface area contributed by atoms with Crippen LogP contribution in [0.25, 0.3) is 5.76 Å². The third-order valence-electron chi connectivity index (χ3n) is 8.93. The highest BCUT2D eigenvalue weighted by molar-refractivity contribution is 6.24. The molecular formula is C28H34F2N4O7. The fourth-order valence-electron chi connectivity index (χ4n) is 6.94. The van der Waals surface area contributed by atoms with Gasteiger partial charge in [-0.1, -0.05) is 0 Å². The molecule has 1 aromatic carbocycles. The Morgan fingerprint density at radius 2 is 1.78 bits per heavy atom. The number of amides is 1. The van der Waals surface area contributed by atoms with Gasteiger partial charge in [-0.05, 0) is 44.5 Å². The van der Waals surface area contributed by atoms with Crippen LogP contribution in [-0.2, 0) is 27.3 Å². The number of ketones is 2. The van der Waals surface area contributed by atoms with Gasteiger partial charge in [0.25, 0.3) is 11.8 Å². The molecule has 0 radical (unpaired) electrons. The fraction of sp³-hybridized carbons (Fsp3) is 0.536. The summed E-state index contributed by atoms with van der Waals surface area (Å²) in [5, 5.41) is 48.5. The van der Waals surface area contributed by atoms with Crippen molar-refractivity contribution in [3.8, 4) is 5.75 Å². The number of Topliss-reactive ketones (excluding diaryl/α,β-unsaturated/α-hetero) is 2. The summed E-state index contributed by atoms with van der Waals surface area (Å²) in [6.07, 6.45) is -0.521. The maximum absolute atomic E-state index is 14.0. The van der Waals surface area contributed by atoms with E-state index in [0.717, 1.165) is 0 Å². The number of anilines is 1. The summed E-state index contributed by atoms with van der Waals surface area (Å²) in [5.41, 5.74) is 2.92. The lowest BCUT2D eigenvalue weighted by atomic mass is 9.57. The Kier molecular flexibility index (Phi) is 6.71. The third-order valence-corrected chi connectivity index (χ3v) is 8.93. The van der Waals surface area contributed by atoms with Crippen LogP contribution in [0, 0.1) is 11.8 Å². The number of aliphatic hydroxyl groups excluding tert-OH is 2. The summed E-state index contributed by atoms with van der Waals surface area (Å²) in [7, 11) is 6.59. The van der Waals surface area contributed by atoms with Gasteiger partial charge in [0.15, 0.2) is 11.4 Å². The summed E-state index contributed by atoms with van der Waals surface area (Å²) in [4.78, 5) is 42.6. The number of rotatable bonds is 6. The highest BCUT2D eigenvalue weighted by atomic mass is 19.3. The molecule has 0 unspecified atom stereocenters. The zero-order valence-corrected chi connectivity index (χ0v) is 23.2. The molecule has 222 valence electrons. The van der Waals surface area contributed by atoms with Crippen LogP contribution in [0.3, 0.4) is 0 Å². The second-order valence-electron chi connectivity index (χ2n) is 12.0. The number of carbonyl (C=O) groups is 3. The summed E-state index contributed by atoms with van der Waals surface area (Å²) in [6.45, 7) is 0.0187. The minimum absolute atomic E-state index is 0.0153. The Morgan fingerprint density at radius 1 is 1.15 bits per heavy atom. The average Bonchev–Trinajstić information content (AvgIpc) is 2.83. The van der Waals surface area contributed by atoms with Gasteiger partial charge in [-0.3, -0.25) is 19.3 Å². The lowest BCUT2D eigenvalue weighted by Crippen LogP contribution is -2.65. The maximum atomic E-state index is 14.0. The van der Waals surface area contributed by atoms with E-state index in [1.54, 1.807) is 25.1 Å². The first kappa shape index (κ1) is 29.0. The van der Waals surface area contributed by atoms with E-state index in [1.807, 2.05) is 0 Å². The summed E-state index contributed by atoms with van der Waals surface area (Å²) >= 11 is 0. The van der Waals surface area contributed by atoms with Gasteiger partial charge in [0.1, 0.15) is 22.8 Å². The SMILES string of the molecule is CN(C)c1cc(CNC2CC(F)(F)C2)c(O)c2c1C[C@H]1C[C@H]3[C@H](N(C)C)C(=O)C(C(N)=O)=C(O)[C@@]3(O)C(=O)C1=C2O. The number of halogens is 2. The Bertz CT molecular complexity index is 1430. The molecular weight excluding hydrogens is 542 g/mol. The second-order valence-corrected chi connectivity index (χ2v) is 12.0. The van der Waals surface area contributed by atoms with E-state index in [9.17, 15) is 43.6 Å². The molecule has 0 saturated heterocycles. The number of aliphatic hydroxyl groups is 3. The standard InChI is InChI=1S/C28H34F2N4O7/c1-33(2)16-7-12(10-32-13-8-27(29,30)9-13)21(35)18-14(16)5-11-6-15-20(34(3)4)23(37)19(26(31)40)25(39)28(15,41)24(38)17(11)22(18)36/h7,11,13,15,20,32,35-36,39,41H,5-6,8-10H2,1-4H3,(H2,31,40)/t11-,15-,20-,28-/m0/s1. The number of primary amides is 1. The molecule has 0 bridgehead atoms. The zero-order chi connectivity index (χ0) is 30.3. The monoisotopic (exact) mass is 576 g/mol. The van der Waals surface area contributed by atoms with E-state index in [-0.39, 0.29) is 49.1 Å².